The third-order valence-corrected chi connectivity index (χ3v) is 4.20. The van der Waals surface area contributed by atoms with Gasteiger partial charge in [0.1, 0.15) is 24.2 Å². The van der Waals surface area contributed by atoms with Gasteiger partial charge < -0.3 is 4.90 Å². The highest BCUT2D eigenvalue weighted by atomic mass is 32.1. The summed E-state index contributed by atoms with van der Waals surface area (Å²) in [7, 11) is 0. The molecule has 0 radical (unpaired) electrons. The molecule has 0 saturated carbocycles. The van der Waals surface area contributed by atoms with Crippen molar-refractivity contribution in [1.29, 1.82) is 0 Å². The molecule has 0 aromatic carbocycles. The first-order valence-electron chi connectivity index (χ1n) is 6.36. The Morgan fingerprint density at radius 1 is 1.47 bits per heavy atom. The van der Waals surface area contributed by atoms with Crippen LogP contribution in [0.25, 0.3) is 0 Å². The van der Waals surface area contributed by atoms with Gasteiger partial charge in [-0.2, -0.15) is 5.10 Å². The first-order chi connectivity index (χ1) is 9.34. The van der Waals surface area contributed by atoms with Crippen LogP contribution >= 0.6 is 11.3 Å². The third-order valence-electron chi connectivity index (χ3n) is 3.32. The topological polar surface area (TPSA) is 63.9 Å². The normalized spacial score (nSPS) is 19.6. The Labute approximate surface area is 115 Å². The molecule has 0 aliphatic carbocycles. The van der Waals surface area contributed by atoms with Crippen molar-refractivity contribution >= 4 is 17.2 Å². The maximum atomic E-state index is 12.4. The largest absolute Gasteiger partial charge is 0.332 e. The number of carbonyl (C=O) groups is 1. The van der Waals surface area contributed by atoms with E-state index in [0.717, 1.165) is 30.8 Å². The summed E-state index contributed by atoms with van der Waals surface area (Å²) < 4.78 is 1.57. The molecule has 1 saturated heterocycles. The number of thiazole rings is 1. The number of rotatable bonds is 3. The highest BCUT2D eigenvalue weighted by molar-refractivity contribution is 7.09. The molecular weight excluding hydrogens is 262 g/mol. The second-order valence-electron chi connectivity index (χ2n) is 4.56. The molecule has 1 aliphatic rings. The minimum absolute atomic E-state index is 0.0883. The van der Waals surface area contributed by atoms with Crippen LogP contribution in [-0.2, 0) is 11.3 Å². The van der Waals surface area contributed by atoms with Gasteiger partial charge in [-0.25, -0.2) is 14.6 Å². The first-order valence-corrected chi connectivity index (χ1v) is 7.24. The van der Waals surface area contributed by atoms with E-state index in [1.807, 2.05) is 10.3 Å². The van der Waals surface area contributed by atoms with Crippen LogP contribution in [-0.4, -0.2) is 37.1 Å². The summed E-state index contributed by atoms with van der Waals surface area (Å²) >= 11 is 1.62. The van der Waals surface area contributed by atoms with Crippen molar-refractivity contribution in [2.45, 2.75) is 31.8 Å². The molecular formula is C12H15N5OS. The van der Waals surface area contributed by atoms with Crippen molar-refractivity contribution in [2.24, 2.45) is 0 Å². The number of amides is 1. The molecule has 0 bridgehead atoms. The number of hydrogen-bond donors (Lipinski definition) is 0. The van der Waals surface area contributed by atoms with Crippen LogP contribution in [0.15, 0.2) is 24.2 Å². The van der Waals surface area contributed by atoms with Crippen molar-refractivity contribution in [1.82, 2.24) is 24.6 Å². The molecule has 1 atom stereocenters. The quantitative estimate of drug-likeness (QED) is 0.852. The molecule has 0 spiro atoms. The van der Waals surface area contributed by atoms with Crippen LogP contribution in [0.5, 0.6) is 0 Å². The SMILES string of the molecule is O=C(Cn1cncn1)N1CCCC[C@@H]1c1nccs1. The lowest BCUT2D eigenvalue weighted by Crippen LogP contribution is -2.40. The van der Waals surface area contributed by atoms with Crippen molar-refractivity contribution in [3.05, 3.63) is 29.2 Å². The summed E-state index contributed by atoms with van der Waals surface area (Å²) in [6, 6.07) is 0.129. The molecule has 3 heterocycles. The van der Waals surface area contributed by atoms with E-state index in [4.69, 9.17) is 0 Å². The van der Waals surface area contributed by atoms with Crippen molar-refractivity contribution in [2.75, 3.05) is 6.54 Å². The van der Waals surface area contributed by atoms with E-state index in [0.29, 0.717) is 0 Å². The number of piperidine rings is 1. The van der Waals surface area contributed by atoms with Gasteiger partial charge in [0.25, 0.3) is 0 Å². The minimum Gasteiger partial charge on any atom is -0.332 e. The van der Waals surface area contributed by atoms with Gasteiger partial charge in [0.15, 0.2) is 0 Å². The molecule has 100 valence electrons. The van der Waals surface area contributed by atoms with E-state index in [2.05, 4.69) is 15.1 Å². The molecule has 0 unspecified atom stereocenters. The maximum Gasteiger partial charge on any atom is 0.244 e. The van der Waals surface area contributed by atoms with Crippen LogP contribution in [0, 0.1) is 0 Å². The smallest absolute Gasteiger partial charge is 0.244 e. The lowest BCUT2D eigenvalue weighted by molar-refractivity contribution is -0.135. The van der Waals surface area contributed by atoms with Gasteiger partial charge in [0, 0.05) is 18.1 Å². The van der Waals surface area contributed by atoms with Crippen molar-refractivity contribution < 1.29 is 4.79 Å². The average Bonchev–Trinajstić information content (AvgIpc) is 3.11. The summed E-state index contributed by atoms with van der Waals surface area (Å²) in [5.74, 6) is 0.0883. The fourth-order valence-electron chi connectivity index (χ4n) is 2.43. The van der Waals surface area contributed by atoms with Gasteiger partial charge in [0.2, 0.25) is 5.91 Å². The molecule has 0 N–H and O–H groups in total. The molecule has 1 aliphatic heterocycles. The second kappa shape index (κ2) is 5.48. The lowest BCUT2D eigenvalue weighted by atomic mass is 10.0. The van der Waals surface area contributed by atoms with Gasteiger partial charge >= 0.3 is 0 Å². The van der Waals surface area contributed by atoms with Crippen LogP contribution in [0.3, 0.4) is 0 Å². The van der Waals surface area contributed by atoms with Gasteiger partial charge in [0.05, 0.1) is 6.04 Å². The molecule has 1 amide bonds. The lowest BCUT2D eigenvalue weighted by Gasteiger charge is -2.34. The summed E-state index contributed by atoms with van der Waals surface area (Å²) in [6.07, 6.45) is 8.02. The van der Waals surface area contributed by atoms with E-state index in [1.165, 1.54) is 6.33 Å². The predicted molar refractivity (Wildman–Crippen MR) is 70.4 cm³/mol. The van der Waals surface area contributed by atoms with E-state index in [9.17, 15) is 4.79 Å². The highest BCUT2D eigenvalue weighted by Crippen LogP contribution is 2.32. The number of likely N-dealkylation sites (tertiary alicyclic amines) is 1. The zero-order chi connectivity index (χ0) is 13.1. The Hall–Kier alpha value is -1.76. The zero-order valence-corrected chi connectivity index (χ0v) is 11.3. The summed E-state index contributed by atoms with van der Waals surface area (Å²) in [5.41, 5.74) is 0. The highest BCUT2D eigenvalue weighted by Gasteiger charge is 2.29. The zero-order valence-electron chi connectivity index (χ0n) is 10.5. The fraction of sp³-hybridized carbons (Fsp3) is 0.500. The van der Waals surface area contributed by atoms with Crippen LogP contribution < -0.4 is 0 Å². The molecule has 6 nitrogen and oxygen atoms in total. The van der Waals surface area contributed by atoms with Crippen LogP contribution in [0.1, 0.15) is 30.3 Å². The van der Waals surface area contributed by atoms with Crippen molar-refractivity contribution in [3.8, 4) is 0 Å². The average molecular weight is 277 g/mol. The van der Waals surface area contributed by atoms with E-state index < -0.39 is 0 Å². The first kappa shape index (κ1) is 12.3. The molecule has 1 fully saturated rings. The molecule has 2 aromatic heterocycles. The Morgan fingerprint density at radius 3 is 3.16 bits per heavy atom. The van der Waals surface area contributed by atoms with Crippen molar-refractivity contribution in [3.63, 3.8) is 0 Å². The Kier molecular flexibility index (Phi) is 3.54. The summed E-state index contributed by atoms with van der Waals surface area (Å²) in [4.78, 5) is 22.5. The van der Waals surface area contributed by atoms with Gasteiger partial charge in [-0.1, -0.05) is 0 Å². The number of nitrogens with zero attached hydrogens (tertiary/aromatic N) is 5. The second-order valence-corrected chi connectivity index (χ2v) is 5.49. The van der Waals surface area contributed by atoms with Crippen LogP contribution in [0.4, 0.5) is 0 Å². The molecule has 19 heavy (non-hydrogen) atoms. The number of carbonyl (C=O) groups excluding carboxylic acids is 1. The van der Waals surface area contributed by atoms with Crippen LogP contribution in [0.2, 0.25) is 0 Å². The third kappa shape index (κ3) is 2.65. The van der Waals surface area contributed by atoms with E-state index in [1.54, 1.807) is 28.5 Å². The van der Waals surface area contributed by atoms with Gasteiger partial charge in [-0.05, 0) is 19.3 Å². The standard InChI is InChI=1S/C12H15N5OS/c18-11(7-16-9-13-8-15-16)17-5-2-1-3-10(17)12-14-4-6-19-12/h4,6,8-10H,1-3,5,7H2/t10-/m1/s1. The monoisotopic (exact) mass is 277 g/mol. The predicted octanol–water partition coefficient (Wildman–Crippen LogP) is 1.49. The molecule has 3 rings (SSSR count). The summed E-state index contributed by atoms with van der Waals surface area (Å²) in [5, 5.41) is 6.98. The van der Waals surface area contributed by atoms with E-state index in [-0.39, 0.29) is 18.5 Å². The fourth-order valence-corrected chi connectivity index (χ4v) is 3.21. The maximum absolute atomic E-state index is 12.4. The molecule has 2 aromatic rings. The summed E-state index contributed by atoms with van der Waals surface area (Å²) in [6.45, 7) is 1.06. The number of aromatic nitrogens is 4. The minimum atomic E-state index is 0.0883. The molecule has 7 heteroatoms. The Morgan fingerprint density at radius 2 is 2.42 bits per heavy atom. The van der Waals surface area contributed by atoms with Gasteiger partial charge in [-0.3, -0.25) is 4.79 Å². The Bertz CT molecular complexity index is 524. The Balaban J connectivity index is 1.75. The van der Waals surface area contributed by atoms with E-state index >= 15 is 0 Å². The van der Waals surface area contributed by atoms with Gasteiger partial charge in [-0.15, -0.1) is 11.3 Å². The number of hydrogen-bond acceptors (Lipinski definition) is 5.